The average Bonchev–Trinajstić information content (AvgIpc) is 2.30. The highest BCUT2D eigenvalue weighted by molar-refractivity contribution is 7.99. The van der Waals surface area contributed by atoms with Crippen molar-refractivity contribution in [1.29, 1.82) is 0 Å². The maximum atomic E-state index is 10.9. The maximum Gasteiger partial charge on any atom is 0.315 e. The standard InChI is InChI=1S/C11H16N2O2S/c1-3-12-10-6-4-5-9(13-10)7-16-8-11(14)15-2/h4-6H,3,7-8H2,1-2H3,(H,12,13). The molecular weight excluding hydrogens is 224 g/mol. The lowest BCUT2D eigenvalue weighted by atomic mass is 10.4. The van der Waals surface area contributed by atoms with Gasteiger partial charge in [0.05, 0.1) is 18.6 Å². The van der Waals surface area contributed by atoms with Gasteiger partial charge in [-0.2, -0.15) is 0 Å². The highest BCUT2D eigenvalue weighted by Gasteiger charge is 2.02. The minimum atomic E-state index is -0.201. The topological polar surface area (TPSA) is 51.2 Å². The number of ether oxygens (including phenoxy) is 1. The molecule has 1 heterocycles. The van der Waals surface area contributed by atoms with Crippen molar-refractivity contribution in [2.45, 2.75) is 12.7 Å². The molecule has 0 saturated heterocycles. The van der Waals surface area contributed by atoms with E-state index in [2.05, 4.69) is 15.0 Å². The molecule has 0 aliphatic carbocycles. The summed E-state index contributed by atoms with van der Waals surface area (Å²) in [5.74, 6) is 1.75. The molecule has 0 aliphatic rings. The molecule has 0 unspecified atom stereocenters. The number of hydrogen-bond acceptors (Lipinski definition) is 5. The predicted octanol–water partition coefficient (Wildman–Crippen LogP) is 1.92. The van der Waals surface area contributed by atoms with Crippen LogP contribution in [0.15, 0.2) is 18.2 Å². The Morgan fingerprint density at radius 1 is 1.56 bits per heavy atom. The maximum absolute atomic E-state index is 10.9. The number of pyridine rings is 1. The van der Waals surface area contributed by atoms with E-state index >= 15 is 0 Å². The molecule has 4 nitrogen and oxygen atoms in total. The quantitative estimate of drug-likeness (QED) is 0.770. The number of esters is 1. The molecule has 5 heteroatoms. The van der Waals surface area contributed by atoms with E-state index in [0.717, 1.165) is 18.1 Å². The summed E-state index contributed by atoms with van der Waals surface area (Å²) < 4.78 is 4.56. The second-order valence-electron chi connectivity index (χ2n) is 3.11. The van der Waals surface area contributed by atoms with E-state index in [9.17, 15) is 4.79 Å². The van der Waals surface area contributed by atoms with Crippen molar-refractivity contribution < 1.29 is 9.53 Å². The normalized spacial score (nSPS) is 9.88. The van der Waals surface area contributed by atoms with Crippen LogP contribution in [-0.4, -0.2) is 30.4 Å². The molecule has 0 saturated carbocycles. The van der Waals surface area contributed by atoms with Crippen LogP contribution in [0.3, 0.4) is 0 Å². The fraction of sp³-hybridized carbons (Fsp3) is 0.455. The summed E-state index contributed by atoms with van der Waals surface area (Å²) in [5, 5.41) is 3.15. The van der Waals surface area contributed by atoms with E-state index < -0.39 is 0 Å². The minimum Gasteiger partial charge on any atom is -0.468 e. The number of thioether (sulfide) groups is 1. The Kier molecular flexibility index (Phi) is 5.71. The fourth-order valence-corrected chi connectivity index (χ4v) is 1.89. The minimum absolute atomic E-state index is 0.201. The molecule has 0 fully saturated rings. The van der Waals surface area contributed by atoms with E-state index in [-0.39, 0.29) is 5.97 Å². The van der Waals surface area contributed by atoms with E-state index in [1.165, 1.54) is 18.9 Å². The number of methoxy groups -OCH3 is 1. The Morgan fingerprint density at radius 3 is 3.06 bits per heavy atom. The van der Waals surface area contributed by atoms with Crippen molar-refractivity contribution in [3.63, 3.8) is 0 Å². The zero-order valence-electron chi connectivity index (χ0n) is 9.53. The van der Waals surface area contributed by atoms with Crippen LogP contribution < -0.4 is 5.32 Å². The molecule has 16 heavy (non-hydrogen) atoms. The van der Waals surface area contributed by atoms with Gasteiger partial charge in [0.25, 0.3) is 0 Å². The van der Waals surface area contributed by atoms with Crippen molar-refractivity contribution in [3.05, 3.63) is 23.9 Å². The molecule has 1 aromatic rings. The molecule has 1 aromatic heterocycles. The number of carbonyl (C=O) groups is 1. The summed E-state index contributed by atoms with van der Waals surface area (Å²) in [6.45, 7) is 2.88. The van der Waals surface area contributed by atoms with Crippen molar-refractivity contribution in [3.8, 4) is 0 Å². The first-order chi connectivity index (χ1) is 7.76. The van der Waals surface area contributed by atoms with Crippen molar-refractivity contribution >= 4 is 23.5 Å². The molecule has 1 N–H and O–H groups in total. The molecule has 0 bridgehead atoms. The van der Waals surface area contributed by atoms with Crippen LogP contribution in [-0.2, 0) is 15.3 Å². The molecule has 88 valence electrons. The van der Waals surface area contributed by atoms with E-state index in [0.29, 0.717) is 11.5 Å². The largest absolute Gasteiger partial charge is 0.468 e. The first kappa shape index (κ1) is 12.8. The first-order valence-electron chi connectivity index (χ1n) is 5.10. The highest BCUT2D eigenvalue weighted by atomic mass is 32.2. The Morgan fingerprint density at radius 2 is 2.38 bits per heavy atom. The van der Waals surface area contributed by atoms with Gasteiger partial charge in [0.1, 0.15) is 5.82 Å². The van der Waals surface area contributed by atoms with Gasteiger partial charge >= 0.3 is 5.97 Å². The fourth-order valence-electron chi connectivity index (χ4n) is 1.14. The zero-order valence-corrected chi connectivity index (χ0v) is 10.3. The van der Waals surface area contributed by atoms with Gasteiger partial charge in [-0.05, 0) is 19.1 Å². The lowest BCUT2D eigenvalue weighted by Crippen LogP contribution is -2.04. The second-order valence-corrected chi connectivity index (χ2v) is 4.10. The smallest absolute Gasteiger partial charge is 0.315 e. The summed E-state index contributed by atoms with van der Waals surface area (Å²) in [6.07, 6.45) is 0. The summed E-state index contributed by atoms with van der Waals surface area (Å²) in [4.78, 5) is 15.3. The van der Waals surface area contributed by atoms with E-state index in [1.807, 2.05) is 25.1 Å². The second kappa shape index (κ2) is 7.11. The Bertz CT molecular complexity index is 345. The first-order valence-corrected chi connectivity index (χ1v) is 6.26. The number of aromatic nitrogens is 1. The summed E-state index contributed by atoms with van der Waals surface area (Å²) in [5.41, 5.74) is 0.965. The van der Waals surface area contributed by atoms with Gasteiger partial charge in [-0.1, -0.05) is 6.07 Å². The molecule has 1 rings (SSSR count). The zero-order chi connectivity index (χ0) is 11.8. The molecule has 0 atom stereocenters. The molecule has 0 aliphatic heterocycles. The lowest BCUT2D eigenvalue weighted by Gasteiger charge is -2.04. The van der Waals surface area contributed by atoms with Crippen LogP contribution in [0.2, 0.25) is 0 Å². The van der Waals surface area contributed by atoms with E-state index in [1.54, 1.807) is 0 Å². The van der Waals surface area contributed by atoms with Gasteiger partial charge in [-0.3, -0.25) is 4.79 Å². The number of carbonyl (C=O) groups excluding carboxylic acids is 1. The van der Waals surface area contributed by atoms with Crippen LogP contribution in [0.25, 0.3) is 0 Å². The number of hydrogen-bond donors (Lipinski definition) is 1. The summed E-state index contributed by atoms with van der Waals surface area (Å²) >= 11 is 1.50. The molecule has 0 spiro atoms. The summed E-state index contributed by atoms with van der Waals surface area (Å²) in [7, 11) is 1.40. The third-order valence-electron chi connectivity index (χ3n) is 1.86. The molecule has 0 radical (unpaired) electrons. The Hall–Kier alpha value is -1.23. The van der Waals surface area contributed by atoms with Crippen molar-refractivity contribution in [2.75, 3.05) is 24.7 Å². The Balaban J connectivity index is 2.41. The number of nitrogens with zero attached hydrogens (tertiary/aromatic N) is 1. The Labute approximate surface area is 99.8 Å². The van der Waals surface area contributed by atoms with Crippen molar-refractivity contribution in [2.24, 2.45) is 0 Å². The third-order valence-corrected chi connectivity index (χ3v) is 2.80. The number of anilines is 1. The molecule has 0 aromatic carbocycles. The van der Waals surface area contributed by atoms with Crippen LogP contribution in [0, 0.1) is 0 Å². The van der Waals surface area contributed by atoms with Gasteiger partial charge in [-0.15, -0.1) is 11.8 Å². The van der Waals surface area contributed by atoms with Gasteiger partial charge in [0.2, 0.25) is 0 Å². The highest BCUT2D eigenvalue weighted by Crippen LogP contribution is 2.12. The number of nitrogens with one attached hydrogen (secondary N) is 1. The molecule has 0 amide bonds. The predicted molar refractivity (Wildman–Crippen MR) is 66.6 cm³/mol. The average molecular weight is 240 g/mol. The third kappa shape index (κ3) is 4.53. The van der Waals surface area contributed by atoms with E-state index in [4.69, 9.17) is 0 Å². The van der Waals surface area contributed by atoms with Gasteiger partial charge in [0.15, 0.2) is 0 Å². The van der Waals surface area contributed by atoms with Crippen LogP contribution >= 0.6 is 11.8 Å². The summed E-state index contributed by atoms with van der Waals surface area (Å²) in [6, 6.07) is 5.84. The van der Waals surface area contributed by atoms with Crippen molar-refractivity contribution in [1.82, 2.24) is 4.98 Å². The van der Waals surface area contributed by atoms with Crippen LogP contribution in [0.4, 0.5) is 5.82 Å². The number of rotatable bonds is 6. The van der Waals surface area contributed by atoms with Gasteiger partial charge in [0, 0.05) is 12.3 Å². The van der Waals surface area contributed by atoms with Gasteiger partial charge < -0.3 is 10.1 Å². The molecular formula is C11H16N2O2S. The monoisotopic (exact) mass is 240 g/mol. The van der Waals surface area contributed by atoms with Crippen LogP contribution in [0.5, 0.6) is 0 Å². The lowest BCUT2D eigenvalue weighted by molar-refractivity contribution is -0.137. The SMILES string of the molecule is CCNc1cccc(CSCC(=O)OC)n1. The van der Waals surface area contributed by atoms with Crippen LogP contribution in [0.1, 0.15) is 12.6 Å². The van der Waals surface area contributed by atoms with Gasteiger partial charge in [-0.25, -0.2) is 4.98 Å².